The van der Waals surface area contributed by atoms with Crippen molar-refractivity contribution in [3.8, 4) is 0 Å². The maximum Gasteiger partial charge on any atom is 0.228 e. The molecule has 0 spiro atoms. The smallest absolute Gasteiger partial charge is 0.228 e. The molecule has 0 aromatic heterocycles. The van der Waals surface area contributed by atoms with Gasteiger partial charge in [0, 0.05) is 24.7 Å². The second kappa shape index (κ2) is 8.15. The first-order valence-electron chi connectivity index (χ1n) is 8.02. The molecular formula is C17H27N3O. The number of nitrogens with zero attached hydrogens (tertiary/aromatic N) is 1. The Hall–Kier alpha value is -1.39. The molecule has 0 bridgehead atoms. The summed E-state index contributed by atoms with van der Waals surface area (Å²) in [4.78, 5) is 14.6. The number of likely N-dealkylation sites (tertiary alicyclic amines) is 1. The number of rotatable bonds is 7. The molecule has 21 heavy (non-hydrogen) atoms. The van der Waals surface area contributed by atoms with Gasteiger partial charge >= 0.3 is 0 Å². The molecule has 1 aliphatic heterocycles. The standard InChI is InChI=1S/C17H27N3O/c1-3-18-12-14(2)17(21)19-16-8-6-7-15(11-16)13-20-9-4-5-10-20/h6-8,11,14,18H,3-5,9-10,12-13H2,1-2H3,(H,19,21). The van der Waals surface area contributed by atoms with Gasteiger partial charge in [-0.25, -0.2) is 0 Å². The molecule has 1 atom stereocenters. The van der Waals surface area contributed by atoms with Gasteiger partial charge < -0.3 is 10.6 Å². The van der Waals surface area contributed by atoms with Crippen molar-refractivity contribution in [1.82, 2.24) is 10.2 Å². The molecule has 1 aromatic rings. The van der Waals surface area contributed by atoms with Crippen molar-refractivity contribution in [3.05, 3.63) is 29.8 Å². The second-order valence-electron chi connectivity index (χ2n) is 5.88. The minimum absolute atomic E-state index is 0.0211. The zero-order valence-electron chi connectivity index (χ0n) is 13.2. The van der Waals surface area contributed by atoms with Crippen LogP contribution in [0.1, 0.15) is 32.3 Å². The van der Waals surface area contributed by atoms with E-state index < -0.39 is 0 Å². The fourth-order valence-corrected chi connectivity index (χ4v) is 2.67. The first-order valence-corrected chi connectivity index (χ1v) is 8.02. The lowest BCUT2D eigenvalue weighted by molar-refractivity contribution is -0.119. The first kappa shape index (κ1) is 16.0. The van der Waals surface area contributed by atoms with Crippen molar-refractivity contribution in [2.45, 2.75) is 33.2 Å². The SMILES string of the molecule is CCNCC(C)C(=O)Nc1cccc(CN2CCCC2)c1. The van der Waals surface area contributed by atoms with E-state index in [-0.39, 0.29) is 11.8 Å². The Bertz CT molecular complexity index is 455. The third-order valence-corrected chi connectivity index (χ3v) is 3.95. The fourth-order valence-electron chi connectivity index (χ4n) is 2.67. The molecule has 0 radical (unpaired) electrons. The van der Waals surface area contributed by atoms with Gasteiger partial charge in [-0.15, -0.1) is 0 Å². The molecule has 1 fully saturated rings. The highest BCUT2D eigenvalue weighted by molar-refractivity contribution is 5.92. The number of carbonyl (C=O) groups excluding carboxylic acids is 1. The zero-order valence-corrected chi connectivity index (χ0v) is 13.2. The van der Waals surface area contributed by atoms with Crippen LogP contribution in [0.3, 0.4) is 0 Å². The van der Waals surface area contributed by atoms with E-state index >= 15 is 0 Å². The normalized spacial score (nSPS) is 16.9. The second-order valence-corrected chi connectivity index (χ2v) is 5.88. The predicted octanol–water partition coefficient (Wildman–Crippen LogP) is 2.47. The summed E-state index contributed by atoms with van der Waals surface area (Å²) in [5.41, 5.74) is 2.18. The van der Waals surface area contributed by atoms with Gasteiger partial charge in [0.05, 0.1) is 0 Å². The summed E-state index contributed by atoms with van der Waals surface area (Å²) in [6.07, 6.45) is 2.61. The van der Waals surface area contributed by atoms with Gasteiger partial charge in [0.1, 0.15) is 0 Å². The number of benzene rings is 1. The number of carbonyl (C=O) groups is 1. The van der Waals surface area contributed by atoms with Gasteiger partial charge in [0.15, 0.2) is 0 Å². The van der Waals surface area contributed by atoms with E-state index in [0.29, 0.717) is 0 Å². The van der Waals surface area contributed by atoms with Crippen molar-refractivity contribution in [2.24, 2.45) is 5.92 Å². The molecule has 0 saturated carbocycles. The Morgan fingerprint density at radius 2 is 2.10 bits per heavy atom. The molecule has 0 aliphatic carbocycles. The summed E-state index contributed by atoms with van der Waals surface area (Å²) in [6, 6.07) is 8.22. The van der Waals surface area contributed by atoms with E-state index in [4.69, 9.17) is 0 Å². The van der Waals surface area contributed by atoms with Crippen molar-refractivity contribution < 1.29 is 4.79 Å². The van der Waals surface area contributed by atoms with Crippen LogP contribution in [0.15, 0.2) is 24.3 Å². The number of hydrogen-bond acceptors (Lipinski definition) is 3. The molecule has 1 saturated heterocycles. The highest BCUT2D eigenvalue weighted by Gasteiger charge is 2.14. The van der Waals surface area contributed by atoms with E-state index in [9.17, 15) is 4.79 Å². The van der Waals surface area contributed by atoms with Gasteiger partial charge in [-0.3, -0.25) is 9.69 Å². The van der Waals surface area contributed by atoms with Crippen LogP contribution in [0.25, 0.3) is 0 Å². The van der Waals surface area contributed by atoms with Crippen LogP contribution in [0, 0.1) is 5.92 Å². The van der Waals surface area contributed by atoms with Crippen LogP contribution < -0.4 is 10.6 Å². The highest BCUT2D eigenvalue weighted by Crippen LogP contribution is 2.16. The Morgan fingerprint density at radius 3 is 2.81 bits per heavy atom. The lowest BCUT2D eigenvalue weighted by Crippen LogP contribution is -2.30. The van der Waals surface area contributed by atoms with Crippen LogP contribution in [-0.4, -0.2) is 37.0 Å². The van der Waals surface area contributed by atoms with Gasteiger partial charge in [0.2, 0.25) is 5.91 Å². The Balaban J connectivity index is 1.89. The van der Waals surface area contributed by atoms with Gasteiger partial charge in [-0.2, -0.15) is 0 Å². The third kappa shape index (κ3) is 5.14. The topological polar surface area (TPSA) is 44.4 Å². The van der Waals surface area contributed by atoms with E-state index in [1.54, 1.807) is 0 Å². The molecule has 2 N–H and O–H groups in total. The summed E-state index contributed by atoms with van der Waals surface area (Å²) in [6.45, 7) is 8.97. The van der Waals surface area contributed by atoms with Gasteiger partial charge in [-0.05, 0) is 50.2 Å². The van der Waals surface area contributed by atoms with E-state index in [1.165, 1.54) is 31.5 Å². The molecular weight excluding hydrogens is 262 g/mol. The minimum Gasteiger partial charge on any atom is -0.326 e. The van der Waals surface area contributed by atoms with Crippen LogP contribution in [0.5, 0.6) is 0 Å². The Morgan fingerprint density at radius 1 is 1.33 bits per heavy atom. The number of amides is 1. The summed E-state index contributed by atoms with van der Waals surface area (Å²) in [5.74, 6) is 0.0569. The highest BCUT2D eigenvalue weighted by atomic mass is 16.1. The monoisotopic (exact) mass is 289 g/mol. The van der Waals surface area contributed by atoms with E-state index in [1.807, 2.05) is 26.0 Å². The molecule has 1 aliphatic rings. The van der Waals surface area contributed by atoms with E-state index in [2.05, 4.69) is 27.7 Å². The van der Waals surface area contributed by atoms with Crippen molar-refractivity contribution in [2.75, 3.05) is 31.5 Å². The van der Waals surface area contributed by atoms with E-state index in [0.717, 1.165) is 25.3 Å². The van der Waals surface area contributed by atoms with Crippen LogP contribution in [0.2, 0.25) is 0 Å². The zero-order chi connectivity index (χ0) is 15.1. The molecule has 2 rings (SSSR count). The molecule has 1 heterocycles. The number of hydrogen-bond donors (Lipinski definition) is 2. The third-order valence-electron chi connectivity index (χ3n) is 3.95. The van der Waals surface area contributed by atoms with Crippen LogP contribution in [-0.2, 0) is 11.3 Å². The molecule has 1 aromatic carbocycles. The summed E-state index contributed by atoms with van der Waals surface area (Å²) in [7, 11) is 0. The minimum atomic E-state index is -0.0211. The molecule has 1 unspecified atom stereocenters. The largest absolute Gasteiger partial charge is 0.326 e. The summed E-state index contributed by atoms with van der Waals surface area (Å²) >= 11 is 0. The lowest BCUT2D eigenvalue weighted by Gasteiger charge is -2.16. The van der Waals surface area contributed by atoms with Gasteiger partial charge in [0.25, 0.3) is 0 Å². The average molecular weight is 289 g/mol. The predicted molar refractivity (Wildman–Crippen MR) is 87.3 cm³/mol. The maximum absolute atomic E-state index is 12.1. The number of anilines is 1. The first-order chi connectivity index (χ1) is 10.2. The lowest BCUT2D eigenvalue weighted by atomic mass is 10.1. The molecule has 1 amide bonds. The molecule has 4 nitrogen and oxygen atoms in total. The van der Waals surface area contributed by atoms with Crippen molar-refractivity contribution in [3.63, 3.8) is 0 Å². The quantitative estimate of drug-likeness (QED) is 0.810. The molecule has 116 valence electrons. The van der Waals surface area contributed by atoms with Crippen LogP contribution >= 0.6 is 0 Å². The Labute approximate surface area is 127 Å². The maximum atomic E-state index is 12.1. The van der Waals surface area contributed by atoms with Gasteiger partial charge in [-0.1, -0.05) is 26.0 Å². The van der Waals surface area contributed by atoms with Crippen molar-refractivity contribution >= 4 is 11.6 Å². The Kier molecular flexibility index (Phi) is 6.21. The summed E-state index contributed by atoms with van der Waals surface area (Å²) in [5, 5.41) is 6.23. The van der Waals surface area contributed by atoms with Crippen LogP contribution in [0.4, 0.5) is 5.69 Å². The van der Waals surface area contributed by atoms with Crippen molar-refractivity contribution in [1.29, 1.82) is 0 Å². The number of nitrogens with one attached hydrogen (secondary N) is 2. The molecule has 4 heteroatoms. The summed E-state index contributed by atoms with van der Waals surface area (Å²) < 4.78 is 0. The fraction of sp³-hybridized carbons (Fsp3) is 0.588. The average Bonchev–Trinajstić information content (AvgIpc) is 2.98.